The summed E-state index contributed by atoms with van der Waals surface area (Å²) in [4.78, 5) is 19.7. The van der Waals surface area contributed by atoms with Gasteiger partial charge in [-0.25, -0.2) is 8.42 Å². The Labute approximate surface area is 207 Å². The molecular weight excluding hydrogens is 466 g/mol. The second-order valence-corrected chi connectivity index (χ2v) is 11.2. The number of piperidine rings is 2. The minimum Gasteiger partial charge on any atom is -0.372 e. The van der Waals surface area contributed by atoms with E-state index in [2.05, 4.69) is 9.89 Å². The van der Waals surface area contributed by atoms with E-state index in [9.17, 15) is 18.5 Å². The third-order valence-electron chi connectivity index (χ3n) is 6.61. The van der Waals surface area contributed by atoms with Crippen molar-refractivity contribution in [1.82, 2.24) is 4.31 Å². The summed E-state index contributed by atoms with van der Waals surface area (Å²) in [6, 6.07) is 10.2. The lowest BCUT2D eigenvalue weighted by Gasteiger charge is -2.32. The molecule has 0 aromatic heterocycles. The third kappa shape index (κ3) is 5.65. The molecule has 9 nitrogen and oxygen atoms in total. The van der Waals surface area contributed by atoms with Crippen LogP contribution < -0.4 is 9.80 Å². The average molecular weight is 500 g/mol. The minimum atomic E-state index is -3.66. The Morgan fingerprint density at radius 2 is 1.60 bits per heavy atom. The number of anilines is 2. The monoisotopic (exact) mass is 499 g/mol. The van der Waals surface area contributed by atoms with Crippen molar-refractivity contribution in [3.05, 3.63) is 52.1 Å². The van der Waals surface area contributed by atoms with Gasteiger partial charge in [-0.15, -0.1) is 0 Å². The van der Waals surface area contributed by atoms with Crippen LogP contribution in [0.5, 0.6) is 0 Å². The highest BCUT2D eigenvalue weighted by molar-refractivity contribution is 7.89. The first kappa shape index (κ1) is 25.1. The summed E-state index contributed by atoms with van der Waals surface area (Å²) >= 11 is 0. The number of benzene rings is 2. The van der Waals surface area contributed by atoms with Gasteiger partial charge in [-0.05, 0) is 61.9 Å². The summed E-state index contributed by atoms with van der Waals surface area (Å²) < 4.78 is 28.9. The van der Waals surface area contributed by atoms with Crippen LogP contribution in [0.15, 0.2) is 46.3 Å². The van der Waals surface area contributed by atoms with Gasteiger partial charge >= 0.3 is 0 Å². The summed E-state index contributed by atoms with van der Waals surface area (Å²) in [5, 5.41) is 11.5. The molecule has 0 spiro atoms. The fourth-order valence-electron chi connectivity index (χ4n) is 4.72. The predicted octanol–water partition coefficient (Wildman–Crippen LogP) is 4.58. The number of sulfonamides is 1. The first-order chi connectivity index (χ1) is 16.8. The lowest BCUT2D eigenvalue weighted by Crippen LogP contribution is -2.37. The van der Waals surface area contributed by atoms with E-state index in [-0.39, 0.29) is 5.69 Å². The largest absolute Gasteiger partial charge is 0.372 e. The molecule has 2 fully saturated rings. The Balaban J connectivity index is 1.70. The lowest BCUT2D eigenvalue weighted by atomic mass is 10.1. The predicted molar refractivity (Wildman–Crippen MR) is 140 cm³/mol. The highest BCUT2D eigenvalue weighted by atomic mass is 32.2. The van der Waals surface area contributed by atoms with Gasteiger partial charge in [0, 0.05) is 52.6 Å². The molecular formula is C25H33N5O4S. The molecule has 0 amide bonds. The standard InChI is InChI=1S/C25H33N5O4S/c1-27(2)22-11-9-20(17-24(22)30(31)32)19-26-21-10-12-23(28-13-5-3-6-14-28)25(18-21)35(33,34)29-15-7-4-8-16-29/h9-12,17-19H,3-8,13-16H2,1-2H3. The SMILES string of the molecule is CN(C)c1ccc(C=Nc2ccc(N3CCCCC3)c(S(=O)(=O)N3CCCCC3)c2)cc1[N+](=O)[O-]. The molecule has 0 radical (unpaired) electrons. The Morgan fingerprint density at radius 1 is 0.943 bits per heavy atom. The number of nitrogens with zero attached hydrogens (tertiary/aromatic N) is 5. The summed E-state index contributed by atoms with van der Waals surface area (Å²) in [6.45, 7) is 2.76. The van der Waals surface area contributed by atoms with Crippen molar-refractivity contribution in [1.29, 1.82) is 0 Å². The molecule has 0 N–H and O–H groups in total. The van der Waals surface area contributed by atoms with Crippen molar-refractivity contribution >= 4 is 39.0 Å². The van der Waals surface area contributed by atoms with Gasteiger partial charge in [0.15, 0.2) is 0 Å². The molecule has 0 bridgehead atoms. The van der Waals surface area contributed by atoms with Gasteiger partial charge in [0.2, 0.25) is 10.0 Å². The van der Waals surface area contributed by atoms with Gasteiger partial charge in [-0.1, -0.05) is 12.5 Å². The topological polar surface area (TPSA) is 99.4 Å². The van der Waals surface area contributed by atoms with Crippen LogP contribution in [0.25, 0.3) is 0 Å². The van der Waals surface area contributed by atoms with E-state index in [4.69, 9.17) is 0 Å². The molecule has 0 atom stereocenters. The van der Waals surface area contributed by atoms with E-state index in [1.807, 2.05) is 12.1 Å². The Morgan fingerprint density at radius 3 is 2.23 bits per heavy atom. The fourth-order valence-corrected chi connectivity index (χ4v) is 6.47. The molecule has 4 rings (SSSR count). The number of aliphatic imine (C=N–C) groups is 1. The van der Waals surface area contributed by atoms with E-state index in [0.717, 1.165) is 57.3 Å². The zero-order valence-electron chi connectivity index (χ0n) is 20.4. The molecule has 2 heterocycles. The second-order valence-electron chi connectivity index (χ2n) is 9.32. The van der Waals surface area contributed by atoms with Crippen LogP contribution in [0, 0.1) is 10.1 Å². The normalized spacial score (nSPS) is 17.6. The first-order valence-corrected chi connectivity index (χ1v) is 13.6. The zero-order chi connectivity index (χ0) is 25.0. The van der Waals surface area contributed by atoms with Crippen molar-refractivity contribution < 1.29 is 13.3 Å². The maximum Gasteiger partial charge on any atom is 0.293 e. The van der Waals surface area contributed by atoms with E-state index in [1.165, 1.54) is 6.07 Å². The van der Waals surface area contributed by atoms with Crippen molar-refractivity contribution in [3.8, 4) is 0 Å². The van der Waals surface area contributed by atoms with Crippen LogP contribution in [0.4, 0.5) is 22.7 Å². The molecule has 35 heavy (non-hydrogen) atoms. The molecule has 0 saturated carbocycles. The number of nitro groups is 1. The zero-order valence-corrected chi connectivity index (χ0v) is 21.2. The molecule has 10 heteroatoms. The van der Waals surface area contributed by atoms with E-state index >= 15 is 0 Å². The van der Waals surface area contributed by atoms with Crippen LogP contribution in [0.3, 0.4) is 0 Å². The van der Waals surface area contributed by atoms with Gasteiger partial charge in [0.25, 0.3) is 5.69 Å². The van der Waals surface area contributed by atoms with Crippen LogP contribution in [-0.4, -0.2) is 64.1 Å². The van der Waals surface area contributed by atoms with Crippen LogP contribution >= 0.6 is 0 Å². The summed E-state index contributed by atoms with van der Waals surface area (Å²) in [6.07, 6.45) is 7.59. The summed E-state index contributed by atoms with van der Waals surface area (Å²) in [5.41, 5.74) is 2.31. The molecule has 2 aromatic carbocycles. The van der Waals surface area contributed by atoms with Gasteiger partial charge in [0.1, 0.15) is 10.6 Å². The quantitative estimate of drug-likeness (QED) is 0.314. The highest BCUT2D eigenvalue weighted by Gasteiger charge is 2.30. The van der Waals surface area contributed by atoms with E-state index in [0.29, 0.717) is 34.9 Å². The van der Waals surface area contributed by atoms with Crippen LogP contribution in [0.1, 0.15) is 44.1 Å². The molecule has 2 aliphatic heterocycles. The maximum atomic E-state index is 13.7. The smallest absolute Gasteiger partial charge is 0.293 e. The number of rotatable bonds is 7. The van der Waals surface area contributed by atoms with Gasteiger partial charge in [-0.2, -0.15) is 4.31 Å². The van der Waals surface area contributed by atoms with E-state index < -0.39 is 14.9 Å². The minimum absolute atomic E-state index is 0.00670. The Kier molecular flexibility index (Phi) is 7.71. The van der Waals surface area contributed by atoms with Crippen molar-refractivity contribution in [2.24, 2.45) is 4.99 Å². The van der Waals surface area contributed by atoms with Crippen LogP contribution in [-0.2, 0) is 10.0 Å². The van der Waals surface area contributed by atoms with Crippen molar-refractivity contribution in [2.45, 2.75) is 43.4 Å². The molecule has 188 valence electrons. The summed E-state index contributed by atoms with van der Waals surface area (Å²) in [7, 11) is -0.149. The second kappa shape index (κ2) is 10.7. The molecule has 0 unspecified atom stereocenters. The fraction of sp³-hybridized carbons (Fsp3) is 0.480. The third-order valence-corrected chi connectivity index (χ3v) is 8.54. The molecule has 2 aliphatic rings. The van der Waals surface area contributed by atoms with Crippen molar-refractivity contribution in [3.63, 3.8) is 0 Å². The Hall–Kier alpha value is -2.98. The number of hydrogen-bond donors (Lipinski definition) is 0. The summed E-state index contributed by atoms with van der Waals surface area (Å²) in [5.74, 6) is 0. The molecule has 2 saturated heterocycles. The Bertz CT molecular complexity index is 1200. The van der Waals surface area contributed by atoms with Crippen LogP contribution in [0.2, 0.25) is 0 Å². The first-order valence-electron chi connectivity index (χ1n) is 12.2. The van der Waals surface area contributed by atoms with E-state index in [1.54, 1.807) is 47.7 Å². The highest BCUT2D eigenvalue weighted by Crippen LogP contribution is 2.34. The molecule has 0 aliphatic carbocycles. The van der Waals surface area contributed by atoms with Gasteiger partial charge in [0.05, 0.1) is 16.3 Å². The number of nitro benzene ring substituents is 1. The van der Waals surface area contributed by atoms with Gasteiger partial charge < -0.3 is 9.80 Å². The maximum absolute atomic E-state index is 13.7. The van der Waals surface area contributed by atoms with Crippen molar-refractivity contribution in [2.75, 3.05) is 50.1 Å². The van der Waals surface area contributed by atoms with Gasteiger partial charge in [-0.3, -0.25) is 15.1 Å². The number of hydrogen-bond acceptors (Lipinski definition) is 7. The average Bonchev–Trinajstić information content (AvgIpc) is 2.88. The molecule has 2 aromatic rings. The lowest BCUT2D eigenvalue weighted by molar-refractivity contribution is -0.384.